The van der Waals surface area contributed by atoms with E-state index in [0.29, 0.717) is 34.5 Å². The zero-order valence-corrected chi connectivity index (χ0v) is 19.8. The van der Waals surface area contributed by atoms with E-state index in [4.69, 9.17) is 21.3 Å². The van der Waals surface area contributed by atoms with Crippen LogP contribution in [0.5, 0.6) is 6.01 Å². The Bertz CT molecular complexity index is 1400. The van der Waals surface area contributed by atoms with Crippen molar-refractivity contribution in [1.82, 2.24) is 19.9 Å². The SMILES string of the molecule is CCOc1nc(N(C)c2ccc(C3(C#N)CCC3)cc2)c2ccc(-c3ncccc3Cl)nc2n1. The number of halogens is 1. The first-order chi connectivity index (χ1) is 16.5. The van der Waals surface area contributed by atoms with Crippen molar-refractivity contribution in [3.63, 3.8) is 0 Å². The molecule has 1 saturated carbocycles. The Morgan fingerprint density at radius 1 is 1.09 bits per heavy atom. The van der Waals surface area contributed by atoms with Crippen LogP contribution >= 0.6 is 11.6 Å². The minimum atomic E-state index is -0.339. The van der Waals surface area contributed by atoms with E-state index >= 15 is 0 Å². The van der Waals surface area contributed by atoms with Gasteiger partial charge in [0.25, 0.3) is 0 Å². The fourth-order valence-electron chi connectivity index (χ4n) is 4.25. The molecule has 0 N–H and O–H groups in total. The molecule has 0 aliphatic heterocycles. The third-order valence-corrected chi connectivity index (χ3v) is 6.64. The summed E-state index contributed by atoms with van der Waals surface area (Å²) >= 11 is 6.33. The Hall–Kier alpha value is -3.76. The number of nitrogens with zero attached hydrogens (tertiary/aromatic N) is 6. The molecule has 0 amide bonds. The standard InChI is InChI=1S/C26H23ClN6O/c1-3-34-25-31-23-19(11-12-21(30-23)22-20(27)6-4-15-29-22)24(32-25)33(2)18-9-7-17(8-10-18)26(16-28)13-5-14-26/h4,6-12,15H,3,5,13-14H2,1-2H3. The van der Waals surface area contributed by atoms with Gasteiger partial charge in [-0.05, 0) is 68.1 Å². The van der Waals surface area contributed by atoms with Crippen molar-refractivity contribution < 1.29 is 4.74 Å². The summed E-state index contributed by atoms with van der Waals surface area (Å²) < 4.78 is 5.64. The number of nitriles is 1. The molecule has 5 rings (SSSR count). The molecule has 7 nitrogen and oxygen atoms in total. The molecule has 3 aromatic heterocycles. The zero-order valence-electron chi connectivity index (χ0n) is 19.0. The number of pyridine rings is 2. The summed E-state index contributed by atoms with van der Waals surface area (Å²) in [7, 11) is 1.94. The van der Waals surface area contributed by atoms with Gasteiger partial charge in [-0.1, -0.05) is 23.7 Å². The van der Waals surface area contributed by atoms with Gasteiger partial charge in [-0.15, -0.1) is 0 Å². The topological polar surface area (TPSA) is 87.8 Å². The van der Waals surface area contributed by atoms with Gasteiger partial charge in [-0.2, -0.15) is 15.2 Å². The first-order valence-electron chi connectivity index (χ1n) is 11.2. The first-order valence-corrected chi connectivity index (χ1v) is 11.6. The molecular weight excluding hydrogens is 448 g/mol. The van der Waals surface area contributed by atoms with Gasteiger partial charge in [0.05, 0.1) is 34.2 Å². The van der Waals surface area contributed by atoms with E-state index in [2.05, 4.69) is 21.0 Å². The summed E-state index contributed by atoms with van der Waals surface area (Å²) in [5.74, 6) is 0.672. The Labute approximate surface area is 203 Å². The van der Waals surface area contributed by atoms with Crippen LogP contribution in [0, 0.1) is 11.3 Å². The summed E-state index contributed by atoms with van der Waals surface area (Å²) in [5, 5.41) is 11.0. The fourth-order valence-corrected chi connectivity index (χ4v) is 4.47. The van der Waals surface area contributed by atoms with Crippen molar-refractivity contribution in [1.29, 1.82) is 5.26 Å². The quantitative estimate of drug-likeness (QED) is 0.349. The average Bonchev–Trinajstić information content (AvgIpc) is 2.83. The van der Waals surface area contributed by atoms with Gasteiger partial charge in [0.2, 0.25) is 0 Å². The summed E-state index contributed by atoms with van der Waals surface area (Å²) in [6, 6.07) is 18.3. The van der Waals surface area contributed by atoms with Gasteiger partial charge in [0.15, 0.2) is 5.65 Å². The molecule has 1 aliphatic carbocycles. The van der Waals surface area contributed by atoms with Crippen LogP contribution in [0.2, 0.25) is 5.02 Å². The third-order valence-electron chi connectivity index (χ3n) is 6.34. The second kappa shape index (κ2) is 8.88. The van der Waals surface area contributed by atoms with Crippen molar-refractivity contribution in [3.8, 4) is 23.5 Å². The summed E-state index contributed by atoms with van der Waals surface area (Å²) in [6.45, 7) is 2.32. The Balaban J connectivity index is 1.56. The molecule has 0 bridgehead atoms. The number of benzene rings is 1. The lowest BCUT2D eigenvalue weighted by Crippen LogP contribution is -2.32. The van der Waals surface area contributed by atoms with E-state index in [1.165, 1.54) is 0 Å². The van der Waals surface area contributed by atoms with Gasteiger partial charge < -0.3 is 9.64 Å². The molecule has 4 aromatic rings. The van der Waals surface area contributed by atoms with Crippen LogP contribution < -0.4 is 9.64 Å². The molecule has 0 saturated heterocycles. The molecule has 0 radical (unpaired) electrons. The van der Waals surface area contributed by atoms with Crippen molar-refractivity contribution in [2.45, 2.75) is 31.6 Å². The third kappa shape index (κ3) is 3.80. The highest BCUT2D eigenvalue weighted by molar-refractivity contribution is 6.32. The van der Waals surface area contributed by atoms with Gasteiger partial charge in [0, 0.05) is 18.9 Å². The van der Waals surface area contributed by atoms with E-state index in [0.717, 1.165) is 35.9 Å². The fraction of sp³-hybridized carbons (Fsp3) is 0.269. The average molecular weight is 471 g/mol. The maximum Gasteiger partial charge on any atom is 0.320 e. The molecule has 8 heteroatoms. The number of aromatic nitrogens is 4. The minimum absolute atomic E-state index is 0.253. The molecule has 1 fully saturated rings. The first kappa shape index (κ1) is 22.1. The minimum Gasteiger partial charge on any atom is -0.464 e. The number of hydrogen-bond acceptors (Lipinski definition) is 7. The van der Waals surface area contributed by atoms with Crippen LogP contribution in [0.25, 0.3) is 22.4 Å². The lowest BCUT2D eigenvalue weighted by molar-refractivity contribution is 0.314. The maximum absolute atomic E-state index is 9.66. The number of hydrogen-bond donors (Lipinski definition) is 0. The van der Waals surface area contributed by atoms with E-state index in [-0.39, 0.29) is 11.4 Å². The highest BCUT2D eigenvalue weighted by Gasteiger charge is 2.38. The maximum atomic E-state index is 9.66. The number of anilines is 2. The van der Waals surface area contributed by atoms with E-state index in [1.54, 1.807) is 18.3 Å². The van der Waals surface area contributed by atoms with E-state index in [1.807, 2.05) is 55.3 Å². The van der Waals surface area contributed by atoms with Crippen LogP contribution in [-0.4, -0.2) is 33.6 Å². The molecular formula is C26H23ClN6O. The van der Waals surface area contributed by atoms with Crippen LogP contribution in [0.15, 0.2) is 54.7 Å². The molecule has 170 valence electrons. The molecule has 0 unspecified atom stereocenters. The Kier molecular flexibility index (Phi) is 5.76. The lowest BCUT2D eigenvalue weighted by Gasteiger charge is -2.35. The molecule has 0 atom stereocenters. The van der Waals surface area contributed by atoms with Gasteiger partial charge in [-0.3, -0.25) is 4.98 Å². The number of rotatable bonds is 6. The zero-order chi connectivity index (χ0) is 23.7. The number of ether oxygens (including phenoxy) is 1. The predicted molar refractivity (Wildman–Crippen MR) is 132 cm³/mol. The second-order valence-corrected chi connectivity index (χ2v) is 8.72. The van der Waals surface area contributed by atoms with Crippen molar-refractivity contribution in [3.05, 3.63) is 65.3 Å². The summed E-state index contributed by atoms with van der Waals surface area (Å²) in [5.41, 5.74) is 3.38. The van der Waals surface area contributed by atoms with Gasteiger partial charge in [-0.25, -0.2) is 4.98 Å². The highest BCUT2D eigenvalue weighted by Crippen LogP contribution is 2.43. The smallest absolute Gasteiger partial charge is 0.320 e. The summed E-state index contributed by atoms with van der Waals surface area (Å²) in [6.07, 6.45) is 4.62. The predicted octanol–water partition coefficient (Wildman–Crippen LogP) is 5.85. The second-order valence-electron chi connectivity index (χ2n) is 8.32. The molecule has 3 heterocycles. The van der Waals surface area contributed by atoms with Crippen molar-refractivity contribution in [2.24, 2.45) is 0 Å². The van der Waals surface area contributed by atoms with Crippen molar-refractivity contribution in [2.75, 3.05) is 18.6 Å². The normalized spacial score (nSPS) is 14.3. The van der Waals surface area contributed by atoms with Gasteiger partial charge >= 0.3 is 6.01 Å². The largest absolute Gasteiger partial charge is 0.464 e. The molecule has 1 aromatic carbocycles. The van der Waals surface area contributed by atoms with E-state index in [9.17, 15) is 5.26 Å². The number of fused-ring (bicyclic) bond motifs is 1. The van der Waals surface area contributed by atoms with Crippen LogP contribution in [-0.2, 0) is 5.41 Å². The lowest BCUT2D eigenvalue weighted by atomic mass is 9.65. The monoisotopic (exact) mass is 470 g/mol. The van der Waals surface area contributed by atoms with Crippen LogP contribution in [0.3, 0.4) is 0 Å². The molecule has 34 heavy (non-hydrogen) atoms. The van der Waals surface area contributed by atoms with Crippen LogP contribution in [0.1, 0.15) is 31.7 Å². The van der Waals surface area contributed by atoms with Crippen LogP contribution in [0.4, 0.5) is 11.5 Å². The van der Waals surface area contributed by atoms with Gasteiger partial charge in [0.1, 0.15) is 11.5 Å². The summed E-state index contributed by atoms with van der Waals surface area (Å²) in [4.78, 5) is 20.2. The Morgan fingerprint density at radius 3 is 2.53 bits per heavy atom. The Morgan fingerprint density at radius 2 is 1.88 bits per heavy atom. The molecule has 0 spiro atoms. The van der Waals surface area contributed by atoms with E-state index < -0.39 is 0 Å². The van der Waals surface area contributed by atoms with Crippen molar-refractivity contribution >= 4 is 34.1 Å². The highest BCUT2D eigenvalue weighted by atomic mass is 35.5. The molecule has 1 aliphatic rings.